The third-order valence-electron chi connectivity index (χ3n) is 5.00. The van der Waals surface area contributed by atoms with Gasteiger partial charge in [0.25, 0.3) is 5.91 Å². The molecule has 1 N–H and O–H groups in total. The van der Waals surface area contributed by atoms with E-state index in [0.29, 0.717) is 30.0 Å². The smallest absolute Gasteiger partial charge is 0.253 e. The van der Waals surface area contributed by atoms with E-state index >= 15 is 0 Å². The fourth-order valence-electron chi connectivity index (χ4n) is 3.35. The Kier molecular flexibility index (Phi) is 4.86. The highest BCUT2D eigenvalue weighted by molar-refractivity contribution is 5.94. The van der Waals surface area contributed by atoms with Gasteiger partial charge in [0.15, 0.2) is 0 Å². The van der Waals surface area contributed by atoms with Crippen LogP contribution < -0.4 is 0 Å². The molecule has 1 amide bonds. The van der Waals surface area contributed by atoms with Crippen molar-refractivity contribution in [1.29, 1.82) is 5.26 Å². The van der Waals surface area contributed by atoms with Gasteiger partial charge in [-0.1, -0.05) is 6.07 Å². The third kappa shape index (κ3) is 3.42. The molecule has 2 aromatic rings. The second kappa shape index (κ2) is 7.08. The van der Waals surface area contributed by atoms with E-state index in [1.54, 1.807) is 23.2 Å². The van der Waals surface area contributed by atoms with Crippen molar-refractivity contribution in [3.8, 4) is 6.07 Å². The number of benzene rings is 1. The fraction of sp³-hybridized carbons (Fsp3) is 0.421. The molecule has 3 rings (SSSR count). The van der Waals surface area contributed by atoms with E-state index in [4.69, 9.17) is 5.26 Å². The minimum Gasteiger partial charge on any atom is -0.385 e. The van der Waals surface area contributed by atoms with Gasteiger partial charge in [-0.05, 0) is 43.4 Å². The molecule has 1 aromatic carbocycles. The lowest BCUT2D eigenvalue weighted by atomic mass is 9.90. The van der Waals surface area contributed by atoms with Crippen LogP contribution in [0.15, 0.2) is 30.6 Å². The number of hydrogen-bond donors (Lipinski definition) is 1. The molecular formula is C19H22N4O2. The normalized spacial score (nSPS) is 16.5. The van der Waals surface area contributed by atoms with E-state index in [0.717, 1.165) is 18.4 Å². The number of amides is 1. The Morgan fingerprint density at radius 3 is 2.72 bits per heavy atom. The standard InChI is InChI=1S/C19H22N4O2/c1-13-3-4-15(11-16(13)12-20)19(25)23-8-5-14(6-9-23)17(24)18-21-7-10-22(18)2/h3-4,7,10-11,14,17,24H,5-6,8-9H2,1-2H3. The van der Waals surface area contributed by atoms with Crippen LogP contribution in [-0.4, -0.2) is 38.6 Å². The van der Waals surface area contributed by atoms with Crippen LogP contribution in [-0.2, 0) is 7.05 Å². The summed E-state index contributed by atoms with van der Waals surface area (Å²) in [7, 11) is 1.87. The average molecular weight is 338 g/mol. The van der Waals surface area contributed by atoms with Crippen LogP contribution in [0.25, 0.3) is 0 Å². The summed E-state index contributed by atoms with van der Waals surface area (Å²) in [5.74, 6) is 0.709. The van der Waals surface area contributed by atoms with E-state index in [9.17, 15) is 9.90 Å². The number of rotatable bonds is 3. The van der Waals surface area contributed by atoms with Gasteiger partial charge in [0.1, 0.15) is 11.9 Å². The number of nitriles is 1. The number of piperidine rings is 1. The summed E-state index contributed by atoms with van der Waals surface area (Å²) in [6.07, 6.45) is 4.36. The van der Waals surface area contributed by atoms with E-state index in [2.05, 4.69) is 11.1 Å². The zero-order valence-corrected chi connectivity index (χ0v) is 14.5. The van der Waals surface area contributed by atoms with Crippen molar-refractivity contribution in [3.63, 3.8) is 0 Å². The molecule has 1 atom stereocenters. The number of hydrogen-bond acceptors (Lipinski definition) is 4. The van der Waals surface area contributed by atoms with Gasteiger partial charge in [0, 0.05) is 38.1 Å². The number of nitrogens with zero attached hydrogens (tertiary/aromatic N) is 4. The molecule has 25 heavy (non-hydrogen) atoms. The van der Waals surface area contributed by atoms with Crippen molar-refractivity contribution in [1.82, 2.24) is 14.5 Å². The van der Waals surface area contributed by atoms with Crippen molar-refractivity contribution in [2.24, 2.45) is 13.0 Å². The topological polar surface area (TPSA) is 82.2 Å². The number of aryl methyl sites for hydroxylation is 2. The summed E-state index contributed by atoms with van der Waals surface area (Å²) < 4.78 is 1.83. The first-order chi connectivity index (χ1) is 12.0. The number of imidazole rings is 1. The Morgan fingerprint density at radius 1 is 1.40 bits per heavy atom. The minimum absolute atomic E-state index is 0.0542. The van der Waals surface area contributed by atoms with Crippen molar-refractivity contribution < 1.29 is 9.90 Å². The zero-order valence-electron chi connectivity index (χ0n) is 14.5. The van der Waals surface area contributed by atoms with Gasteiger partial charge in [-0.3, -0.25) is 4.79 Å². The molecule has 6 nitrogen and oxygen atoms in total. The summed E-state index contributed by atoms with van der Waals surface area (Å²) in [5.41, 5.74) is 1.95. The predicted octanol–water partition coefficient (Wildman–Crippen LogP) is 2.19. The molecule has 0 aliphatic carbocycles. The van der Waals surface area contributed by atoms with Crippen molar-refractivity contribution in [3.05, 3.63) is 53.1 Å². The highest BCUT2D eigenvalue weighted by Gasteiger charge is 2.30. The van der Waals surface area contributed by atoms with Gasteiger partial charge in [0.05, 0.1) is 11.6 Å². The maximum Gasteiger partial charge on any atom is 0.253 e. The molecular weight excluding hydrogens is 316 g/mol. The van der Waals surface area contributed by atoms with Crippen LogP contribution in [0.3, 0.4) is 0 Å². The summed E-state index contributed by atoms with van der Waals surface area (Å²) in [4.78, 5) is 18.7. The quantitative estimate of drug-likeness (QED) is 0.930. The molecule has 0 spiro atoms. The lowest BCUT2D eigenvalue weighted by Gasteiger charge is -2.34. The monoisotopic (exact) mass is 338 g/mol. The largest absolute Gasteiger partial charge is 0.385 e. The van der Waals surface area contributed by atoms with E-state index in [-0.39, 0.29) is 11.8 Å². The zero-order chi connectivity index (χ0) is 18.0. The average Bonchev–Trinajstić information content (AvgIpc) is 3.07. The number of likely N-dealkylation sites (tertiary alicyclic amines) is 1. The van der Waals surface area contributed by atoms with E-state index in [1.165, 1.54) is 0 Å². The van der Waals surface area contributed by atoms with Gasteiger partial charge in [0.2, 0.25) is 0 Å². The highest BCUT2D eigenvalue weighted by atomic mass is 16.3. The lowest BCUT2D eigenvalue weighted by molar-refractivity contribution is 0.0420. The molecule has 1 unspecified atom stereocenters. The molecule has 1 aromatic heterocycles. The number of aliphatic hydroxyl groups is 1. The van der Waals surface area contributed by atoms with Crippen LogP contribution in [0.2, 0.25) is 0 Å². The highest BCUT2D eigenvalue weighted by Crippen LogP contribution is 2.30. The van der Waals surface area contributed by atoms with Crippen molar-refractivity contribution >= 4 is 5.91 Å². The second-order valence-corrected chi connectivity index (χ2v) is 6.61. The number of aliphatic hydroxyl groups excluding tert-OH is 1. The number of carbonyl (C=O) groups excluding carboxylic acids is 1. The molecule has 1 aliphatic rings. The van der Waals surface area contributed by atoms with E-state index in [1.807, 2.05) is 30.8 Å². The maximum absolute atomic E-state index is 12.7. The Labute approximate surface area is 147 Å². The van der Waals surface area contributed by atoms with Gasteiger partial charge in [-0.25, -0.2) is 4.98 Å². The lowest BCUT2D eigenvalue weighted by Crippen LogP contribution is -2.40. The van der Waals surface area contributed by atoms with Gasteiger partial charge in [-0.15, -0.1) is 0 Å². The SMILES string of the molecule is Cc1ccc(C(=O)N2CCC(C(O)c3nccn3C)CC2)cc1C#N. The molecule has 130 valence electrons. The second-order valence-electron chi connectivity index (χ2n) is 6.61. The first-order valence-corrected chi connectivity index (χ1v) is 8.46. The van der Waals surface area contributed by atoms with Gasteiger partial charge < -0.3 is 14.6 Å². The molecule has 1 fully saturated rings. The molecule has 1 saturated heterocycles. The number of carbonyl (C=O) groups is 1. The Bertz CT molecular complexity index is 813. The number of aromatic nitrogens is 2. The fourth-order valence-corrected chi connectivity index (χ4v) is 3.35. The van der Waals surface area contributed by atoms with Gasteiger partial charge in [-0.2, -0.15) is 5.26 Å². The Hall–Kier alpha value is -2.65. The molecule has 1 aliphatic heterocycles. The summed E-state index contributed by atoms with van der Waals surface area (Å²) >= 11 is 0. The molecule has 2 heterocycles. The van der Waals surface area contributed by atoms with Gasteiger partial charge >= 0.3 is 0 Å². The first-order valence-electron chi connectivity index (χ1n) is 8.46. The van der Waals surface area contributed by atoms with Crippen LogP contribution in [0.1, 0.15) is 46.3 Å². The van der Waals surface area contributed by atoms with Crippen LogP contribution in [0.4, 0.5) is 0 Å². The van der Waals surface area contributed by atoms with E-state index < -0.39 is 6.10 Å². The van der Waals surface area contributed by atoms with Crippen LogP contribution >= 0.6 is 0 Å². The summed E-state index contributed by atoms with van der Waals surface area (Å²) in [6.45, 7) is 3.05. The molecule has 6 heteroatoms. The third-order valence-corrected chi connectivity index (χ3v) is 5.00. The molecule has 0 radical (unpaired) electrons. The predicted molar refractivity (Wildman–Crippen MR) is 92.7 cm³/mol. The molecule has 0 saturated carbocycles. The summed E-state index contributed by atoms with van der Waals surface area (Å²) in [6, 6.07) is 7.36. The Morgan fingerprint density at radius 2 is 2.12 bits per heavy atom. The van der Waals surface area contributed by atoms with Crippen molar-refractivity contribution in [2.75, 3.05) is 13.1 Å². The van der Waals surface area contributed by atoms with Crippen LogP contribution in [0.5, 0.6) is 0 Å². The maximum atomic E-state index is 12.7. The van der Waals surface area contributed by atoms with Crippen LogP contribution in [0, 0.1) is 24.2 Å². The molecule has 0 bridgehead atoms. The minimum atomic E-state index is -0.609. The Balaban J connectivity index is 1.65. The summed E-state index contributed by atoms with van der Waals surface area (Å²) in [5, 5.41) is 19.7. The van der Waals surface area contributed by atoms with Crippen molar-refractivity contribution in [2.45, 2.75) is 25.9 Å². The first kappa shape index (κ1) is 17.2.